The summed E-state index contributed by atoms with van der Waals surface area (Å²) >= 11 is 0. The van der Waals surface area contributed by atoms with Crippen molar-refractivity contribution in [3.05, 3.63) is 94.0 Å². The number of ether oxygens (including phenoxy) is 1. The first kappa shape index (κ1) is 20.3. The van der Waals surface area contributed by atoms with Crippen LogP contribution in [0.3, 0.4) is 0 Å². The highest BCUT2D eigenvalue weighted by Gasteiger charge is 2.31. The zero-order valence-electron chi connectivity index (χ0n) is 19.0. The molecule has 1 fully saturated rings. The van der Waals surface area contributed by atoms with E-state index in [2.05, 4.69) is 35.1 Å². The van der Waals surface area contributed by atoms with Crippen LogP contribution >= 0.6 is 0 Å². The van der Waals surface area contributed by atoms with Gasteiger partial charge in [-0.15, -0.1) is 0 Å². The summed E-state index contributed by atoms with van der Waals surface area (Å²) in [5.41, 5.74) is 6.00. The number of aryl methyl sites for hydroxylation is 1. The van der Waals surface area contributed by atoms with Gasteiger partial charge in [0, 0.05) is 36.4 Å². The average Bonchev–Trinajstić information content (AvgIpc) is 3.02. The molecule has 168 valence electrons. The third-order valence-electron chi connectivity index (χ3n) is 7.35. The summed E-state index contributed by atoms with van der Waals surface area (Å²) in [5.74, 6) is 1.30. The minimum Gasteiger partial charge on any atom is -0.489 e. The van der Waals surface area contributed by atoms with Crippen LogP contribution in [0.2, 0.25) is 0 Å². The Hall–Kier alpha value is -3.31. The van der Waals surface area contributed by atoms with Gasteiger partial charge in [0.2, 0.25) is 0 Å². The maximum atomic E-state index is 12.9. The molecule has 33 heavy (non-hydrogen) atoms. The number of hydrogen-bond acceptors (Lipinski definition) is 3. The van der Waals surface area contributed by atoms with Crippen molar-refractivity contribution in [2.24, 2.45) is 13.0 Å². The summed E-state index contributed by atoms with van der Waals surface area (Å²) in [6.07, 6.45) is 6.75. The van der Waals surface area contributed by atoms with E-state index in [-0.39, 0.29) is 5.56 Å². The van der Waals surface area contributed by atoms with Crippen molar-refractivity contribution in [2.75, 3.05) is 6.54 Å². The number of benzene rings is 2. The molecule has 4 aromatic rings. The lowest BCUT2D eigenvalue weighted by molar-refractivity contribution is 0.305. The number of rotatable bonds is 4. The van der Waals surface area contributed by atoms with Crippen LogP contribution in [0.1, 0.15) is 42.1 Å². The molecule has 2 aromatic carbocycles. The van der Waals surface area contributed by atoms with Crippen molar-refractivity contribution in [3.8, 4) is 11.4 Å². The van der Waals surface area contributed by atoms with Gasteiger partial charge >= 0.3 is 0 Å². The third kappa shape index (κ3) is 3.66. The van der Waals surface area contributed by atoms with E-state index in [1.54, 1.807) is 10.6 Å². The molecular formula is C28H29N3O2. The second-order valence-electron chi connectivity index (χ2n) is 9.43. The van der Waals surface area contributed by atoms with E-state index >= 15 is 0 Å². The number of nitrogens with one attached hydrogen (secondary N) is 1. The molecule has 0 spiro atoms. The van der Waals surface area contributed by atoms with Crippen LogP contribution in [0.5, 0.6) is 5.75 Å². The molecule has 6 rings (SSSR count). The molecule has 0 aliphatic carbocycles. The fraction of sp³-hybridized carbons (Fsp3) is 0.321. The van der Waals surface area contributed by atoms with Crippen molar-refractivity contribution in [1.29, 1.82) is 0 Å². The van der Waals surface area contributed by atoms with E-state index in [9.17, 15) is 4.79 Å². The zero-order chi connectivity index (χ0) is 22.4. The van der Waals surface area contributed by atoms with Crippen molar-refractivity contribution in [1.82, 2.24) is 14.5 Å². The zero-order valence-corrected chi connectivity index (χ0v) is 19.0. The molecule has 0 amide bonds. The lowest BCUT2D eigenvalue weighted by Crippen LogP contribution is -2.22. The van der Waals surface area contributed by atoms with Gasteiger partial charge in [-0.2, -0.15) is 0 Å². The Morgan fingerprint density at radius 1 is 1.06 bits per heavy atom. The maximum Gasteiger partial charge on any atom is 0.258 e. The Kier molecular flexibility index (Phi) is 5.07. The van der Waals surface area contributed by atoms with Crippen molar-refractivity contribution >= 4 is 10.9 Å². The van der Waals surface area contributed by atoms with Gasteiger partial charge in [0.1, 0.15) is 12.4 Å². The number of nitrogens with zero attached hydrogens (tertiary/aromatic N) is 2. The largest absolute Gasteiger partial charge is 0.489 e. The lowest BCUT2D eigenvalue weighted by atomic mass is 9.90. The average molecular weight is 440 g/mol. The van der Waals surface area contributed by atoms with Gasteiger partial charge in [0.25, 0.3) is 5.56 Å². The van der Waals surface area contributed by atoms with E-state index in [0.29, 0.717) is 24.3 Å². The number of pyridine rings is 1. The van der Waals surface area contributed by atoms with E-state index in [1.807, 2.05) is 42.6 Å². The normalized spacial score (nSPS) is 19.8. The summed E-state index contributed by atoms with van der Waals surface area (Å²) in [6.45, 7) is 1.56. The molecule has 0 radical (unpaired) electrons. The molecule has 2 aromatic heterocycles. The second-order valence-corrected chi connectivity index (χ2v) is 9.43. The fourth-order valence-corrected chi connectivity index (χ4v) is 5.61. The van der Waals surface area contributed by atoms with E-state index in [4.69, 9.17) is 4.74 Å². The van der Waals surface area contributed by atoms with Crippen LogP contribution in [0.15, 0.2) is 71.7 Å². The number of fused-ring (bicyclic) bond motifs is 7. The number of aromatic nitrogens is 2. The van der Waals surface area contributed by atoms with Crippen LogP contribution in [0, 0.1) is 5.92 Å². The summed E-state index contributed by atoms with van der Waals surface area (Å²) in [6, 6.07) is 20.3. The Balaban J connectivity index is 1.33. The first-order chi connectivity index (χ1) is 16.2. The molecule has 2 atom stereocenters. The van der Waals surface area contributed by atoms with Gasteiger partial charge in [0.05, 0.1) is 11.2 Å². The van der Waals surface area contributed by atoms with Gasteiger partial charge in [-0.1, -0.05) is 42.8 Å². The Morgan fingerprint density at radius 3 is 2.79 bits per heavy atom. The topological polar surface area (TPSA) is 48.2 Å². The molecule has 5 nitrogen and oxygen atoms in total. The van der Waals surface area contributed by atoms with Crippen molar-refractivity contribution < 1.29 is 4.74 Å². The highest BCUT2D eigenvalue weighted by Crippen LogP contribution is 2.40. The Bertz CT molecular complexity index is 1370. The maximum absolute atomic E-state index is 12.9. The quantitative estimate of drug-likeness (QED) is 0.492. The van der Waals surface area contributed by atoms with Gasteiger partial charge in [-0.25, -0.2) is 0 Å². The summed E-state index contributed by atoms with van der Waals surface area (Å²) in [5, 5.41) is 5.12. The lowest BCUT2D eigenvalue weighted by Gasteiger charge is -2.17. The standard InChI is InChI=1S/C28H29N3O2/c1-30-25-15-21(10-11-23(25)28-24-9-5-8-20(17-29-24)14-26(28)30)31-13-12-22(16-27(31)32)33-18-19-6-3-2-4-7-19/h2-4,6-7,10-13,15-16,20,24,29H,5,8-9,14,17-18H2,1H3. The van der Waals surface area contributed by atoms with Crippen LogP contribution in [-0.2, 0) is 20.1 Å². The Labute approximate surface area is 193 Å². The fourth-order valence-electron chi connectivity index (χ4n) is 5.61. The molecule has 2 aliphatic rings. The number of hydrogen-bond donors (Lipinski definition) is 1. The minimum atomic E-state index is -0.0896. The smallest absolute Gasteiger partial charge is 0.258 e. The molecular weight excluding hydrogens is 410 g/mol. The molecule has 1 saturated heterocycles. The predicted octanol–water partition coefficient (Wildman–Crippen LogP) is 4.90. The molecule has 4 heterocycles. The molecule has 2 aliphatic heterocycles. The van der Waals surface area contributed by atoms with Gasteiger partial charge < -0.3 is 14.6 Å². The van der Waals surface area contributed by atoms with Crippen LogP contribution in [0.4, 0.5) is 0 Å². The third-order valence-corrected chi connectivity index (χ3v) is 7.35. The SMILES string of the molecule is Cn1c2c(c3ccc(-n4ccc(OCc5ccccc5)cc4=O)cc31)C1CCCC(CN1)C2. The summed E-state index contributed by atoms with van der Waals surface area (Å²) in [4.78, 5) is 12.9. The van der Waals surface area contributed by atoms with Crippen LogP contribution < -0.4 is 15.6 Å². The van der Waals surface area contributed by atoms with Crippen LogP contribution in [-0.4, -0.2) is 15.7 Å². The first-order valence-electron chi connectivity index (χ1n) is 11.9. The molecule has 1 N–H and O–H groups in total. The molecule has 2 bridgehead atoms. The van der Waals surface area contributed by atoms with Gasteiger partial charge in [0.15, 0.2) is 0 Å². The van der Waals surface area contributed by atoms with E-state index < -0.39 is 0 Å². The molecule has 0 saturated carbocycles. The highest BCUT2D eigenvalue weighted by molar-refractivity contribution is 5.88. The minimum absolute atomic E-state index is 0.0896. The molecule has 2 unspecified atom stereocenters. The predicted molar refractivity (Wildman–Crippen MR) is 131 cm³/mol. The van der Waals surface area contributed by atoms with Gasteiger partial charge in [-0.05, 0) is 61.1 Å². The summed E-state index contributed by atoms with van der Waals surface area (Å²) < 4.78 is 9.89. The summed E-state index contributed by atoms with van der Waals surface area (Å²) in [7, 11) is 2.18. The van der Waals surface area contributed by atoms with E-state index in [1.165, 1.54) is 41.4 Å². The Morgan fingerprint density at radius 2 is 1.94 bits per heavy atom. The monoisotopic (exact) mass is 439 g/mol. The van der Waals surface area contributed by atoms with Gasteiger partial charge in [-0.3, -0.25) is 9.36 Å². The second kappa shape index (κ2) is 8.23. The van der Waals surface area contributed by atoms with Crippen LogP contribution in [0.25, 0.3) is 16.6 Å². The molecule has 5 heteroatoms. The van der Waals surface area contributed by atoms with Crippen molar-refractivity contribution in [3.63, 3.8) is 0 Å². The first-order valence-corrected chi connectivity index (χ1v) is 11.9. The van der Waals surface area contributed by atoms with Crippen molar-refractivity contribution in [2.45, 2.75) is 38.3 Å². The highest BCUT2D eigenvalue weighted by atomic mass is 16.5. The van der Waals surface area contributed by atoms with E-state index in [0.717, 1.165) is 24.2 Å².